The summed E-state index contributed by atoms with van der Waals surface area (Å²) in [5, 5.41) is 17.5. The molecule has 0 saturated heterocycles. The average Bonchev–Trinajstić information content (AvgIpc) is 2.43. The minimum absolute atomic E-state index is 0.335. The Labute approximate surface area is 127 Å². The molecule has 0 aromatic heterocycles. The average molecular weight is 307 g/mol. The molecule has 5 heteroatoms. The smallest absolute Gasteiger partial charge is 0.417 e. The highest BCUT2D eigenvalue weighted by Crippen LogP contribution is 2.32. The fourth-order valence-electron chi connectivity index (χ4n) is 1.80. The van der Waals surface area contributed by atoms with Crippen molar-refractivity contribution in [1.82, 2.24) is 0 Å². The molecule has 0 spiro atoms. The Morgan fingerprint density at radius 3 is 1.95 bits per heavy atom. The van der Waals surface area contributed by atoms with E-state index in [1.807, 2.05) is 26.0 Å². The fourth-order valence-corrected chi connectivity index (χ4v) is 1.80. The van der Waals surface area contributed by atoms with Gasteiger partial charge >= 0.3 is 6.18 Å². The molecular weight excluding hydrogens is 291 g/mol. The van der Waals surface area contributed by atoms with Crippen LogP contribution in [-0.2, 0) is 6.18 Å². The molecule has 2 rings (SSSR count). The third kappa shape index (κ3) is 4.81. The van der Waals surface area contributed by atoms with Crippen LogP contribution in [0.25, 0.3) is 0 Å². The normalized spacial score (nSPS) is 10.4. The van der Waals surface area contributed by atoms with E-state index in [4.69, 9.17) is 10.4 Å². The molecule has 0 unspecified atom stereocenters. The van der Waals surface area contributed by atoms with Crippen LogP contribution in [0.4, 0.5) is 13.2 Å². The van der Waals surface area contributed by atoms with Crippen molar-refractivity contribution in [2.45, 2.75) is 26.9 Å². The number of aryl methyl sites for hydroxylation is 3. The Morgan fingerprint density at radius 1 is 0.955 bits per heavy atom. The van der Waals surface area contributed by atoms with Crippen LogP contribution in [0, 0.1) is 32.1 Å². The molecular formula is C17H16F3NO. The van der Waals surface area contributed by atoms with Gasteiger partial charge in [-0.25, -0.2) is 0 Å². The Bertz CT molecular complexity index is 700. The summed E-state index contributed by atoms with van der Waals surface area (Å²) >= 11 is 0. The highest BCUT2D eigenvalue weighted by atomic mass is 19.4. The zero-order valence-electron chi connectivity index (χ0n) is 12.5. The maximum absolute atomic E-state index is 12.3. The number of hydrogen-bond acceptors (Lipinski definition) is 2. The molecule has 0 atom stereocenters. The number of aromatic hydroxyl groups is 1. The van der Waals surface area contributed by atoms with Gasteiger partial charge in [0, 0.05) is 0 Å². The molecule has 2 nitrogen and oxygen atoms in total. The largest absolute Gasteiger partial charge is 0.508 e. The van der Waals surface area contributed by atoms with Crippen LogP contribution in [0.3, 0.4) is 0 Å². The number of nitriles is 1. The van der Waals surface area contributed by atoms with Crippen LogP contribution in [-0.4, -0.2) is 5.11 Å². The number of benzene rings is 2. The molecule has 0 saturated carbocycles. The molecule has 0 heterocycles. The molecule has 0 fully saturated rings. The molecule has 1 N–H and O–H groups in total. The Balaban J connectivity index is 0.000000235. The van der Waals surface area contributed by atoms with Crippen LogP contribution in [0.2, 0.25) is 0 Å². The van der Waals surface area contributed by atoms with Crippen molar-refractivity contribution in [3.05, 3.63) is 64.2 Å². The number of phenols is 1. The summed E-state index contributed by atoms with van der Waals surface area (Å²) in [6.45, 7) is 5.45. The molecule has 22 heavy (non-hydrogen) atoms. The number of rotatable bonds is 0. The molecule has 2 aromatic carbocycles. The van der Waals surface area contributed by atoms with Gasteiger partial charge in [-0.1, -0.05) is 29.3 Å². The van der Waals surface area contributed by atoms with Crippen LogP contribution in [0.1, 0.15) is 27.8 Å². The SMILES string of the molecule is Cc1ccc(C#N)c(C(F)(F)F)c1.Cc1ccc(O)c(C)c1. The summed E-state index contributed by atoms with van der Waals surface area (Å²) in [4.78, 5) is 0. The summed E-state index contributed by atoms with van der Waals surface area (Å²) in [7, 11) is 0. The van der Waals surface area contributed by atoms with E-state index < -0.39 is 11.7 Å². The molecule has 0 amide bonds. The highest BCUT2D eigenvalue weighted by molar-refractivity contribution is 5.41. The van der Waals surface area contributed by atoms with Crippen LogP contribution < -0.4 is 0 Å². The summed E-state index contributed by atoms with van der Waals surface area (Å²) in [5.41, 5.74) is 1.42. The first-order valence-corrected chi connectivity index (χ1v) is 6.49. The molecule has 0 bridgehead atoms. The van der Waals surface area contributed by atoms with Gasteiger partial charge in [0.2, 0.25) is 0 Å². The lowest BCUT2D eigenvalue weighted by Crippen LogP contribution is -2.07. The van der Waals surface area contributed by atoms with E-state index >= 15 is 0 Å². The van der Waals surface area contributed by atoms with E-state index in [1.165, 1.54) is 23.8 Å². The van der Waals surface area contributed by atoms with Crippen LogP contribution in [0.5, 0.6) is 5.75 Å². The van der Waals surface area contributed by atoms with Crippen LogP contribution in [0.15, 0.2) is 36.4 Å². The maximum Gasteiger partial charge on any atom is 0.417 e. The van der Waals surface area contributed by atoms with Crippen molar-refractivity contribution < 1.29 is 18.3 Å². The standard InChI is InChI=1S/C9H6F3N.C8H10O/c1-6-2-3-7(5-13)8(4-6)9(10,11)12;1-6-3-4-8(9)7(2)5-6/h2-4H,1H3;3-5,9H,1-2H3. The quantitative estimate of drug-likeness (QED) is 0.752. The van der Waals surface area contributed by atoms with Crippen molar-refractivity contribution in [2.24, 2.45) is 0 Å². The second-order valence-corrected chi connectivity index (χ2v) is 4.95. The number of hydrogen-bond donors (Lipinski definition) is 1. The van der Waals surface area contributed by atoms with Gasteiger partial charge in [0.1, 0.15) is 5.75 Å². The molecule has 0 radical (unpaired) electrons. The first-order valence-electron chi connectivity index (χ1n) is 6.49. The van der Waals surface area contributed by atoms with Gasteiger partial charge in [-0.2, -0.15) is 18.4 Å². The van der Waals surface area contributed by atoms with Crippen molar-refractivity contribution in [3.8, 4) is 11.8 Å². The fraction of sp³-hybridized carbons (Fsp3) is 0.235. The predicted octanol–water partition coefficient (Wildman–Crippen LogP) is 4.89. The van der Waals surface area contributed by atoms with Gasteiger partial charge in [-0.3, -0.25) is 0 Å². The topological polar surface area (TPSA) is 44.0 Å². The van der Waals surface area contributed by atoms with Gasteiger partial charge < -0.3 is 5.11 Å². The van der Waals surface area contributed by atoms with E-state index in [9.17, 15) is 13.2 Å². The van der Waals surface area contributed by atoms with Gasteiger partial charge in [0.15, 0.2) is 0 Å². The Morgan fingerprint density at radius 2 is 1.50 bits per heavy atom. The Kier molecular flexibility index (Phi) is 5.58. The highest BCUT2D eigenvalue weighted by Gasteiger charge is 2.33. The molecule has 0 aliphatic rings. The third-order valence-electron chi connectivity index (χ3n) is 2.95. The predicted molar refractivity (Wildman–Crippen MR) is 78.5 cm³/mol. The maximum atomic E-state index is 12.3. The third-order valence-corrected chi connectivity index (χ3v) is 2.95. The van der Waals surface area contributed by atoms with Crippen molar-refractivity contribution in [1.29, 1.82) is 5.26 Å². The van der Waals surface area contributed by atoms with Crippen molar-refractivity contribution in [3.63, 3.8) is 0 Å². The lowest BCUT2D eigenvalue weighted by atomic mass is 10.1. The number of nitrogens with zero attached hydrogens (tertiary/aromatic N) is 1. The lowest BCUT2D eigenvalue weighted by molar-refractivity contribution is -0.137. The van der Waals surface area contributed by atoms with Crippen molar-refractivity contribution >= 4 is 0 Å². The zero-order valence-corrected chi connectivity index (χ0v) is 12.5. The van der Waals surface area contributed by atoms with E-state index in [1.54, 1.807) is 13.0 Å². The minimum Gasteiger partial charge on any atom is -0.508 e. The summed E-state index contributed by atoms with van der Waals surface area (Å²) in [5.74, 6) is 0.376. The first kappa shape index (κ1) is 17.6. The van der Waals surface area contributed by atoms with Gasteiger partial charge in [-0.05, 0) is 44.5 Å². The van der Waals surface area contributed by atoms with E-state index in [0.717, 1.165) is 11.6 Å². The van der Waals surface area contributed by atoms with E-state index in [2.05, 4.69) is 0 Å². The van der Waals surface area contributed by atoms with Gasteiger partial charge in [0.05, 0.1) is 17.2 Å². The van der Waals surface area contributed by atoms with Gasteiger partial charge in [-0.15, -0.1) is 0 Å². The second-order valence-electron chi connectivity index (χ2n) is 4.95. The molecule has 116 valence electrons. The minimum atomic E-state index is -4.45. The molecule has 2 aromatic rings. The number of halogens is 3. The van der Waals surface area contributed by atoms with Gasteiger partial charge in [0.25, 0.3) is 0 Å². The summed E-state index contributed by atoms with van der Waals surface area (Å²) < 4.78 is 36.8. The van der Waals surface area contributed by atoms with Crippen LogP contribution >= 0.6 is 0 Å². The molecule has 0 aliphatic carbocycles. The zero-order chi connectivity index (χ0) is 16.9. The first-order chi connectivity index (χ1) is 10.1. The van der Waals surface area contributed by atoms with Crippen molar-refractivity contribution in [2.75, 3.05) is 0 Å². The number of alkyl halides is 3. The van der Waals surface area contributed by atoms with E-state index in [0.29, 0.717) is 11.3 Å². The Hall–Kier alpha value is -2.48. The second kappa shape index (κ2) is 6.99. The monoisotopic (exact) mass is 307 g/mol. The molecule has 0 aliphatic heterocycles. The summed E-state index contributed by atoms with van der Waals surface area (Å²) in [6.07, 6.45) is -4.45. The van der Waals surface area contributed by atoms with E-state index in [-0.39, 0.29) is 5.56 Å². The number of phenolic OH excluding ortho intramolecular Hbond substituents is 1. The summed E-state index contributed by atoms with van der Waals surface area (Å²) in [6, 6.07) is 10.7. The lowest BCUT2D eigenvalue weighted by Gasteiger charge is -2.08.